The lowest BCUT2D eigenvalue weighted by Crippen LogP contribution is -2.47. The minimum absolute atomic E-state index is 0.0749. The summed E-state index contributed by atoms with van der Waals surface area (Å²) in [6, 6.07) is 9.71. The number of aromatic nitrogens is 2. The first-order valence-corrected chi connectivity index (χ1v) is 11.9. The van der Waals surface area contributed by atoms with Gasteiger partial charge in [-0.2, -0.15) is 0 Å². The number of nitrogens with one attached hydrogen (secondary N) is 2. The van der Waals surface area contributed by atoms with E-state index in [4.69, 9.17) is 4.74 Å². The van der Waals surface area contributed by atoms with E-state index in [1.807, 2.05) is 18.2 Å². The number of aryl methyl sites for hydroxylation is 2. The summed E-state index contributed by atoms with van der Waals surface area (Å²) in [5, 5.41) is 3.85. The highest BCUT2D eigenvalue weighted by molar-refractivity contribution is 5.96. The molecule has 7 heteroatoms. The van der Waals surface area contributed by atoms with Crippen molar-refractivity contribution in [1.82, 2.24) is 14.9 Å². The largest absolute Gasteiger partial charge is 0.366 e. The Morgan fingerprint density at radius 2 is 1.88 bits per heavy atom. The van der Waals surface area contributed by atoms with E-state index in [1.165, 1.54) is 22.3 Å². The number of benzene rings is 2. The first-order chi connectivity index (χ1) is 16.2. The Labute approximate surface area is 192 Å². The monoisotopic (exact) mass is 444 g/mol. The molecule has 2 aliphatic carbocycles. The van der Waals surface area contributed by atoms with Crippen LogP contribution in [0.4, 0.5) is 5.69 Å². The van der Waals surface area contributed by atoms with E-state index in [1.54, 1.807) is 6.07 Å². The lowest BCUT2D eigenvalue weighted by Gasteiger charge is -2.32. The highest BCUT2D eigenvalue weighted by Crippen LogP contribution is 2.38. The van der Waals surface area contributed by atoms with Crippen LogP contribution in [-0.2, 0) is 41.8 Å². The quantitative estimate of drug-likeness (QED) is 0.646. The Bertz CT molecular complexity index is 1270. The fourth-order valence-electron chi connectivity index (χ4n) is 5.60. The van der Waals surface area contributed by atoms with Gasteiger partial charge in [-0.3, -0.25) is 14.5 Å². The summed E-state index contributed by atoms with van der Waals surface area (Å²) in [5.74, 6) is 0.535. The van der Waals surface area contributed by atoms with E-state index >= 15 is 0 Å². The molecular weight excluding hydrogens is 416 g/mol. The summed E-state index contributed by atoms with van der Waals surface area (Å²) < 4.78 is 5.87. The number of nitrogens with zero attached hydrogens (tertiary/aromatic N) is 2. The van der Waals surface area contributed by atoms with Gasteiger partial charge in [0.05, 0.1) is 24.1 Å². The summed E-state index contributed by atoms with van der Waals surface area (Å²) >= 11 is 0. The molecule has 33 heavy (non-hydrogen) atoms. The first kappa shape index (κ1) is 20.6. The van der Waals surface area contributed by atoms with Crippen molar-refractivity contribution in [3.63, 3.8) is 0 Å². The highest BCUT2D eigenvalue weighted by atomic mass is 16.5. The zero-order valence-electron chi connectivity index (χ0n) is 18.7. The molecule has 3 aliphatic rings. The Morgan fingerprint density at radius 1 is 1.12 bits per heavy atom. The van der Waals surface area contributed by atoms with Crippen molar-refractivity contribution in [2.24, 2.45) is 0 Å². The van der Waals surface area contributed by atoms with E-state index in [2.05, 4.69) is 26.3 Å². The van der Waals surface area contributed by atoms with Gasteiger partial charge >= 0.3 is 0 Å². The number of carbonyl (C=O) groups is 1. The molecule has 170 valence electrons. The SMILES string of the molecule is O=C(Nc1c2c(cc3c1CCC3)CCC2)C1CN(Cc2nc3ccccc3c(=O)[nH]2)CCO1. The fraction of sp³-hybridized carbons (Fsp3) is 0.423. The third-order valence-corrected chi connectivity index (χ3v) is 7.20. The van der Waals surface area contributed by atoms with Crippen molar-refractivity contribution >= 4 is 22.5 Å². The Morgan fingerprint density at radius 3 is 2.67 bits per heavy atom. The van der Waals surface area contributed by atoms with Gasteiger partial charge in [-0.1, -0.05) is 18.2 Å². The molecule has 1 aromatic heterocycles. The number of morpholine rings is 1. The van der Waals surface area contributed by atoms with Crippen LogP contribution in [0.15, 0.2) is 35.1 Å². The molecule has 0 spiro atoms. The molecule has 2 aromatic carbocycles. The maximum Gasteiger partial charge on any atom is 0.258 e. The molecule has 3 aromatic rings. The van der Waals surface area contributed by atoms with Crippen LogP contribution in [-0.4, -0.2) is 46.6 Å². The molecule has 0 saturated carbocycles. The van der Waals surface area contributed by atoms with E-state index in [0.29, 0.717) is 43.0 Å². The third kappa shape index (κ3) is 3.85. The third-order valence-electron chi connectivity index (χ3n) is 7.20. The molecular formula is C26H28N4O3. The number of hydrogen-bond acceptors (Lipinski definition) is 5. The van der Waals surface area contributed by atoms with Gasteiger partial charge in [-0.25, -0.2) is 4.98 Å². The van der Waals surface area contributed by atoms with E-state index in [0.717, 1.165) is 44.2 Å². The predicted octanol–water partition coefficient (Wildman–Crippen LogP) is 2.74. The fourth-order valence-corrected chi connectivity index (χ4v) is 5.60. The first-order valence-electron chi connectivity index (χ1n) is 11.9. The van der Waals surface area contributed by atoms with Crippen LogP contribution < -0.4 is 10.9 Å². The Kier molecular flexibility index (Phi) is 5.23. The summed E-state index contributed by atoms with van der Waals surface area (Å²) in [4.78, 5) is 35.3. The minimum atomic E-state index is -0.541. The molecule has 1 atom stereocenters. The molecule has 2 heterocycles. The van der Waals surface area contributed by atoms with Gasteiger partial charge in [0.25, 0.3) is 11.5 Å². The Balaban J connectivity index is 1.19. The maximum absolute atomic E-state index is 13.3. The minimum Gasteiger partial charge on any atom is -0.366 e. The number of amides is 1. The van der Waals surface area contributed by atoms with Crippen molar-refractivity contribution in [3.8, 4) is 0 Å². The average molecular weight is 445 g/mol. The molecule has 0 radical (unpaired) electrons. The number of carbonyl (C=O) groups excluding carboxylic acids is 1. The van der Waals surface area contributed by atoms with Crippen LogP contribution in [0.25, 0.3) is 10.9 Å². The van der Waals surface area contributed by atoms with Gasteiger partial charge < -0.3 is 15.0 Å². The zero-order valence-corrected chi connectivity index (χ0v) is 18.7. The lowest BCUT2D eigenvalue weighted by atomic mass is 9.98. The summed E-state index contributed by atoms with van der Waals surface area (Å²) in [5.41, 5.74) is 7.08. The number of H-pyrrole nitrogens is 1. The molecule has 6 rings (SSSR count). The van der Waals surface area contributed by atoms with E-state index < -0.39 is 6.10 Å². The maximum atomic E-state index is 13.3. The Hall–Kier alpha value is -3.03. The summed E-state index contributed by atoms with van der Waals surface area (Å²) in [6.45, 7) is 2.11. The number of aromatic amines is 1. The van der Waals surface area contributed by atoms with Gasteiger partial charge in [-0.15, -0.1) is 0 Å². The van der Waals surface area contributed by atoms with Crippen molar-refractivity contribution < 1.29 is 9.53 Å². The van der Waals surface area contributed by atoms with Crippen LogP contribution in [0.1, 0.15) is 40.9 Å². The molecule has 1 aliphatic heterocycles. The van der Waals surface area contributed by atoms with Crippen LogP contribution >= 0.6 is 0 Å². The lowest BCUT2D eigenvalue weighted by molar-refractivity contribution is -0.133. The second kappa shape index (κ2) is 8.39. The predicted molar refractivity (Wildman–Crippen MR) is 127 cm³/mol. The van der Waals surface area contributed by atoms with E-state index in [9.17, 15) is 9.59 Å². The number of anilines is 1. The summed E-state index contributed by atoms with van der Waals surface area (Å²) in [6.07, 6.45) is 6.07. The van der Waals surface area contributed by atoms with Gasteiger partial charge in [0.2, 0.25) is 0 Å². The van der Waals surface area contributed by atoms with Crippen LogP contribution in [0.2, 0.25) is 0 Å². The standard InChI is InChI=1S/C26H28N4O3/c31-25-20-7-1-2-10-21(20)27-23(28-25)15-30-11-12-33-22(14-30)26(32)29-24-18-8-3-5-16(18)13-17-6-4-9-19(17)24/h1-2,7,10,13,22H,3-6,8-9,11-12,14-15H2,(H,29,32)(H,27,28,31). The number of fused-ring (bicyclic) bond motifs is 3. The average Bonchev–Trinajstić information content (AvgIpc) is 3.48. The van der Waals surface area contributed by atoms with Crippen LogP contribution in [0, 0.1) is 0 Å². The van der Waals surface area contributed by atoms with Crippen LogP contribution in [0.5, 0.6) is 0 Å². The molecule has 2 N–H and O–H groups in total. The number of hydrogen-bond donors (Lipinski definition) is 2. The van der Waals surface area contributed by atoms with Crippen molar-refractivity contribution in [2.75, 3.05) is 25.0 Å². The molecule has 1 unspecified atom stereocenters. The smallest absolute Gasteiger partial charge is 0.258 e. The molecule has 1 saturated heterocycles. The molecule has 1 fully saturated rings. The van der Waals surface area contributed by atoms with Gasteiger partial charge in [0.15, 0.2) is 0 Å². The van der Waals surface area contributed by atoms with Gasteiger partial charge in [0.1, 0.15) is 11.9 Å². The van der Waals surface area contributed by atoms with Crippen molar-refractivity contribution in [3.05, 3.63) is 68.8 Å². The second-order valence-electron chi connectivity index (χ2n) is 9.35. The zero-order chi connectivity index (χ0) is 22.4. The summed E-state index contributed by atoms with van der Waals surface area (Å²) in [7, 11) is 0. The highest BCUT2D eigenvalue weighted by Gasteiger charge is 2.30. The van der Waals surface area contributed by atoms with Crippen molar-refractivity contribution in [2.45, 2.75) is 51.2 Å². The molecule has 7 nitrogen and oxygen atoms in total. The second-order valence-corrected chi connectivity index (χ2v) is 9.35. The van der Waals surface area contributed by atoms with Gasteiger partial charge in [-0.05, 0) is 72.9 Å². The number of para-hydroxylation sites is 1. The van der Waals surface area contributed by atoms with Gasteiger partial charge in [0, 0.05) is 18.8 Å². The normalized spacial score (nSPS) is 20.1. The molecule has 0 bridgehead atoms. The number of rotatable bonds is 4. The molecule has 1 amide bonds. The van der Waals surface area contributed by atoms with E-state index in [-0.39, 0.29) is 11.5 Å². The van der Waals surface area contributed by atoms with Crippen molar-refractivity contribution in [1.29, 1.82) is 0 Å². The number of ether oxygens (including phenoxy) is 1. The van der Waals surface area contributed by atoms with Crippen LogP contribution in [0.3, 0.4) is 0 Å². The topological polar surface area (TPSA) is 87.3 Å².